The Balaban J connectivity index is 1.90. The Kier molecular flexibility index (Phi) is 5.08. The van der Waals surface area contributed by atoms with Crippen LogP contribution in [-0.4, -0.2) is 36.9 Å². The average Bonchev–Trinajstić information content (AvgIpc) is 3.20. The lowest BCUT2D eigenvalue weighted by Gasteiger charge is -2.34. The molecule has 5 N–H and O–H groups in total. The van der Waals surface area contributed by atoms with Gasteiger partial charge < -0.3 is 30.4 Å². The lowest BCUT2D eigenvalue weighted by molar-refractivity contribution is -0.138. The number of hydrogen-bond acceptors (Lipinski definition) is 6. The third kappa shape index (κ3) is 3.57. The van der Waals surface area contributed by atoms with Gasteiger partial charge in [0, 0.05) is 40.1 Å². The number of anilines is 1. The minimum Gasteiger partial charge on any atom is -0.497 e. The first-order valence-electron chi connectivity index (χ1n) is 9.41. The van der Waals surface area contributed by atoms with Crippen molar-refractivity contribution in [1.29, 1.82) is 5.41 Å². The first-order chi connectivity index (χ1) is 14.9. The van der Waals surface area contributed by atoms with E-state index < -0.39 is 17.9 Å². The number of hydrogen-bond donors (Lipinski definition) is 4. The molecule has 0 fully saturated rings. The number of nitrogen functional groups attached to an aromatic ring is 1. The summed E-state index contributed by atoms with van der Waals surface area (Å²) in [7, 11) is 2.82. The summed E-state index contributed by atoms with van der Waals surface area (Å²) in [5, 5.41) is 11.2. The second-order valence-electron chi connectivity index (χ2n) is 6.95. The number of rotatable bonds is 5. The predicted octanol–water partition coefficient (Wildman–Crippen LogP) is 2.15. The summed E-state index contributed by atoms with van der Waals surface area (Å²) < 4.78 is 10.1. The molecular formula is C22H21N5O4. The Hall–Kier alpha value is -4.27. The molecule has 2 aromatic carbocycles. The summed E-state index contributed by atoms with van der Waals surface area (Å²) in [6.07, 6.45) is 3.28. The van der Waals surface area contributed by atoms with Crippen molar-refractivity contribution in [1.82, 2.24) is 10.3 Å². The van der Waals surface area contributed by atoms with Crippen molar-refractivity contribution in [3.05, 3.63) is 71.7 Å². The van der Waals surface area contributed by atoms with E-state index >= 15 is 0 Å². The number of H-pyrrole nitrogens is 1. The van der Waals surface area contributed by atoms with E-state index in [0.29, 0.717) is 22.6 Å². The number of aromatic amines is 1. The van der Waals surface area contributed by atoms with E-state index in [1.54, 1.807) is 42.5 Å². The number of methoxy groups -OCH3 is 2. The van der Waals surface area contributed by atoms with Crippen molar-refractivity contribution in [3.8, 4) is 5.75 Å². The number of amides is 1. The van der Waals surface area contributed by atoms with E-state index in [1.807, 2.05) is 18.2 Å². The molecule has 0 aliphatic carbocycles. The molecule has 3 aromatic rings. The highest BCUT2D eigenvalue weighted by Gasteiger charge is 2.35. The van der Waals surface area contributed by atoms with Crippen LogP contribution in [0.25, 0.3) is 10.9 Å². The number of aromatic nitrogens is 1. The normalized spacial score (nSPS) is 15.9. The number of nitrogens with one attached hydrogen (secondary N) is 3. The number of fused-ring (bicyclic) bond motifs is 1. The zero-order valence-corrected chi connectivity index (χ0v) is 16.9. The van der Waals surface area contributed by atoms with Gasteiger partial charge in [-0.3, -0.25) is 10.2 Å². The number of nitrogens with zero attached hydrogens (tertiary/aromatic N) is 1. The van der Waals surface area contributed by atoms with Gasteiger partial charge in [-0.2, -0.15) is 0 Å². The molecular weight excluding hydrogens is 398 g/mol. The van der Waals surface area contributed by atoms with Crippen molar-refractivity contribution in [2.24, 2.45) is 5.73 Å². The molecule has 4 rings (SSSR count). The van der Waals surface area contributed by atoms with Crippen molar-refractivity contribution < 1.29 is 19.1 Å². The Morgan fingerprint density at radius 3 is 2.71 bits per heavy atom. The fraction of sp³-hybridized carbons (Fsp3) is 0.136. The van der Waals surface area contributed by atoms with Gasteiger partial charge >= 0.3 is 5.97 Å². The van der Waals surface area contributed by atoms with E-state index in [-0.39, 0.29) is 11.5 Å². The van der Waals surface area contributed by atoms with Gasteiger partial charge in [-0.25, -0.2) is 4.79 Å². The molecule has 158 valence electrons. The van der Waals surface area contributed by atoms with E-state index in [0.717, 1.165) is 10.9 Å². The molecule has 0 radical (unpaired) electrons. The van der Waals surface area contributed by atoms with Crippen molar-refractivity contribution in [2.45, 2.75) is 6.04 Å². The molecule has 0 spiro atoms. The number of amidine groups is 1. The van der Waals surface area contributed by atoms with Gasteiger partial charge in [-0.05, 0) is 30.3 Å². The summed E-state index contributed by atoms with van der Waals surface area (Å²) in [5.74, 6) is -0.519. The number of esters is 1. The zero-order valence-electron chi connectivity index (χ0n) is 16.9. The van der Waals surface area contributed by atoms with Crippen LogP contribution in [0.5, 0.6) is 5.75 Å². The van der Waals surface area contributed by atoms with Crippen LogP contribution in [0.4, 0.5) is 5.69 Å². The van der Waals surface area contributed by atoms with Crippen LogP contribution < -0.4 is 20.7 Å². The van der Waals surface area contributed by atoms with Crippen LogP contribution in [0.3, 0.4) is 0 Å². The molecule has 1 atom stereocenters. The minimum absolute atomic E-state index is 0.00870. The fourth-order valence-corrected chi connectivity index (χ4v) is 3.61. The SMILES string of the molecule is COC(=O)C1=CN(c2cccc(C(=N)N)c2)C(c2c[nH]c3ccc(OC)cc23)C(=O)N1. The second kappa shape index (κ2) is 7.86. The highest BCUT2D eigenvalue weighted by molar-refractivity contribution is 6.02. The average molecular weight is 419 g/mol. The number of benzene rings is 2. The highest BCUT2D eigenvalue weighted by atomic mass is 16.5. The molecule has 9 nitrogen and oxygen atoms in total. The molecule has 9 heteroatoms. The van der Waals surface area contributed by atoms with Gasteiger partial charge in [0.1, 0.15) is 23.3 Å². The summed E-state index contributed by atoms with van der Waals surface area (Å²) in [6, 6.07) is 11.6. The van der Waals surface area contributed by atoms with Gasteiger partial charge in [0.05, 0.1) is 14.2 Å². The summed E-state index contributed by atoms with van der Waals surface area (Å²) >= 11 is 0. The van der Waals surface area contributed by atoms with Crippen LogP contribution in [0.2, 0.25) is 0 Å². The number of nitrogens with two attached hydrogens (primary N) is 1. The first kappa shape index (κ1) is 20.0. The van der Waals surface area contributed by atoms with Gasteiger partial charge in [-0.15, -0.1) is 0 Å². The zero-order chi connectivity index (χ0) is 22.1. The summed E-state index contributed by atoms with van der Waals surface area (Å²) in [6.45, 7) is 0. The van der Waals surface area contributed by atoms with Gasteiger partial charge in [-0.1, -0.05) is 12.1 Å². The van der Waals surface area contributed by atoms with Crippen molar-refractivity contribution in [2.75, 3.05) is 19.1 Å². The van der Waals surface area contributed by atoms with Gasteiger partial charge in [0.25, 0.3) is 5.91 Å². The van der Waals surface area contributed by atoms with Crippen molar-refractivity contribution in [3.63, 3.8) is 0 Å². The van der Waals surface area contributed by atoms with Gasteiger partial charge in [0.15, 0.2) is 0 Å². The molecule has 1 unspecified atom stereocenters. The lowest BCUT2D eigenvalue weighted by Crippen LogP contribution is -2.45. The fourth-order valence-electron chi connectivity index (χ4n) is 3.61. The topological polar surface area (TPSA) is 134 Å². The maximum absolute atomic E-state index is 13.2. The molecule has 1 aliphatic heterocycles. The maximum atomic E-state index is 13.2. The molecule has 2 heterocycles. The summed E-state index contributed by atoms with van der Waals surface area (Å²) in [4.78, 5) is 30.2. The van der Waals surface area contributed by atoms with Crippen LogP contribution in [0.1, 0.15) is 17.2 Å². The third-order valence-corrected chi connectivity index (χ3v) is 5.13. The Morgan fingerprint density at radius 2 is 2.00 bits per heavy atom. The first-order valence-corrected chi connectivity index (χ1v) is 9.41. The molecule has 1 aliphatic rings. The predicted molar refractivity (Wildman–Crippen MR) is 116 cm³/mol. The molecule has 0 saturated heterocycles. The highest BCUT2D eigenvalue weighted by Crippen LogP contribution is 2.36. The quantitative estimate of drug-likeness (QED) is 0.284. The van der Waals surface area contributed by atoms with E-state index in [2.05, 4.69) is 10.3 Å². The van der Waals surface area contributed by atoms with Crippen LogP contribution in [0, 0.1) is 5.41 Å². The molecule has 31 heavy (non-hydrogen) atoms. The Bertz CT molecular complexity index is 1230. The monoisotopic (exact) mass is 419 g/mol. The largest absolute Gasteiger partial charge is 0.497 e. The number of carbonyl (C=O) groups excluding carboxylic acids is 2. The number of ether oxygens (including phenoxy) is 2. The van der Waals surface area contributed by atoms with Crippen LogP contribution >= 0.6 is 0 Å². The maximum Gasteiger partial charge on any atom is 0.356 e. The molecule has 0 bridgehead atoms. The van der Waals surface area contributed by atoms with Crippen LogP contribution in [0.15, 0.2) is 60.6 Å². The third-order valence-electron chi connectivity index (χ3n) is 5.13. The minimum atomic E-state index is -0.795. The Morgan fingerprint density at radius 1 is 1.19 bits per heavy atom. The van der Waals surface area contributed by atoms with Crippen LogP contribution in [-0.2, 0) is 14.3 Å². The second-order valence-corrected chi connectivity index (χ2v) is 6.95. The van der Waals surface area contributed by atoms with E-state index in [1.165, 1.54) is 13.3 Å². The smallest absolute Gasteiger partial charge is 0.356 e. The standard InChI is InChI=1S/C22H21N5O4/c1-30-14-6-7-17-15(9-14)16(10-25-17)19-21(28)26-18(22(29)31-2)11-27(19)13-5-3-4-12(8-13)20(23)24/h3-11,19,25H,1-2H3,(H3,23,24)(H,26,28). The van der Waals surface area contributed by atoms with Crippen molar-refractivity contribution >= 4 is 34.3 Å². The van der Waals surface area contributed by atoms with Gasteiger partial charge in [0.2, 0.25) is 0 Å². The molecule has 0 saturated carbocycles. The van der Waals surface area contributed by atoms with E-state index in [4.69, 9.17) is 20.6 Å². The Labute approximate surface area is 177 Å². The lowest BCUT2D eigenvalue weighted by atomic mass is 10.00. The summed E-state index contributed by atoms with van der Waals surface area (Å²) in [5.41, 5.74) is 8.27. The molecule has 1 aromatic heterocycles. The van der Waals surface area contributed by atoms with E-state index in [9.17, 15) is 9.59 Å². The number of carbonyl (C=O) groups is 2. The molecule has 1 amide bonds.